The summed E-state index contributed by atoms with van der Waals surface area (Å²) in [5.74, 6) is 0.0905. The Morgan fingerprint density at radius 3 is 2.47 bits per heavy atom. The van der Waals surface area contributed by atoms with E-state index in [0.717, 1.165) is 45.4 Å². The van der Waals surface area contributed by atoms with Crippen LogP contribution in [0.4, 0.5) is 0 Å². The lowest BCUT2D eigenvalue weighted by Gasteiger charge is -2.34. The fraction of sp³-hybridized carbons (Fsp3) is 0.923. The molecule has 1 aliphatic heterocycles. The lowest BCUT2D eigenvalue weighted by molar-refractivity contribution is -0.119. The molecule has 1 aliphatic rings. The Bertz CT molecular complexity index is 245. The van der Waals surface area contributed by atoms with Gasteiger partial charge in [-0.15, -0.1) is 0 Å². The highest BCUT2D eigenvalue weighted by atomic mass is 16.1. The van der Waals surface area contributed by atoms with Gasteiger partial charge in [0.25, 0.3) is 0 Å². The van der Waals surface area contributed by atoms with Crippen LogP contribution in [-0.2, 0) is 4.79 Å². The number of likely N-dealkylation sites (tertiary alicyclic amines) is 1. The molecule has 0 aliphatic carbocycles. The van der Waals surface area contributed by atoms with E-state index in [1.165, 1.54) is 0 Å². The Balaban J connectivity index is 2.21. The SMILES string of the molecule is CC(=O)NC1CCN(CCC(C)(C)CN)CC1. The summed E-state index contributed by atoms with van der Waals surface area (Å²) >= 11 is 0. The molecule has 0 unspecified atom stereocenters. The van der Waals surface area contributed by atoms with E-state index in [4.69, 9.17) is 5.73 Å². The summed E-state index contributed by atoms with van der Waals surface area (Å²) in [7, 11) is 0. The van der Waals surface area contributed by atoms with Gasteiger partial charge in [-0.1, -0.05) is 13.8 Å². The summed E-state index contributed by atoms with van der Waals surface area (Å²) in [5.41, 5.74) is 5.98. The molecule has 0 atom stereocenters. The number of hydrogen-bond donors (Lipinski definition) is 2. The molecule has 0 aromatic heterocycles. The van der Waals surface area contributed by atoms with Crippen LogP contribution in [0.2, 0.25) is 0 Å². The average molecular weight is 241 g/mol. The maximum Gasteiger partial charge on any atom is 0.217 e. The normalized spacial score (nSPS) is 19.3. The van der Waals surface area contributed by atoms with Crippen molar-refractivity contribution in [1.29, 1.82) is 0 Å². The molecule has 4 heteroatoms. The van der Waals surface area contributed by atoms with Crippen LogP contribution in [-0.4, -0.2) is 43.0 Å². The molecule has 0 radical (unpaired) electrons. The van der Waals surface area contributed by atoms with Crippen LogP contribution in [0.5, 0.6) is 0 Å². The summed E-state index contributed by atoms with van der Waals surface area (Å²) in [4.78, 5) is 13.4. The Morgan fingerprint density at radius 2 is 2.00 bits per heavy atom. The number of rotatable bonds is 5. The minimum absolute atomic E-state index is 0.0905. The van der Waals surface area contributed by atoms with Gasteiger partial charge in [-0.2, -0.15) is 0 Å². The molecule has 100 valence electrons. The molecule has 0 saturated carbocycles. The van der Waals surface area contributed by atoms with E-state index >= 15 is 0 Å². The topological polar surface area (TPSA) is 58.4 Å². The second kappa shape index (κ2) is 6.36. The molecule has 4 nitrogen and oxygen atoms in total. The number of nitrogens with two attached hydrogens (primary N) is 1. The number of amides is 1. The first-order valence-electron chi connectivity index (χ1n) is 6.62. The highest BCUT2D eigenvalue weighted by Crippen LogP contribution is 2.20. The van der Waals surface area contributed by atoms with Crippen molar-refractivity contribution in [3.05, 3.63) is 0 Å². The third kappa shape index (κ3) is 5.50. The largest absolute Gasteiger partial charge is 0.354 e. The van der Waals surface area contributed by atoms with Crippen LogP contribution in [0.25, 0.3) is 0 Å². The standard InChI is InChI=1S/C13H27N3O/c1-11(17)15-12-4-7-16(8-5-12)9-6-13(2,3)10-14/h12H,4-10,14H2,1-3H3,(H,15,17). The lowest BCUT2D eigenvalue weighted by atomic mass is 9.89. The van der Waals surface area contributed by atoms with Crippen molar-refractivity contribution in [2.24, 2.45) is 11.1 Å². The Kier molecular flexibility index (Phi) is 5.40. The summed E-state index contributed by atoms with van der Waals surface area (Å²) in [6, 6.07) is 0.381. The summed E-state index contributed by atoms with van der Waals surface area (Å²) in [6.07, 6.45) is 3.29. The van der Waals surface area contributed by atoms with Crippen LogP contribution in [0.15, 0.2) is 0 Å². The summed E-state index contributed by atoms with van der Waals surface area (Å²) in [6.45, 7) is 10.1. The van der Waals surface area contributed by atoms with Gasteiger partial charge in [-0.3, -0.25) is 4.79 Å². The molecule has 0 bridgehead atoms. The van der Waals surface area contributed by atoms with Crippen molar-refractivity contribution in [1.82, 2.24) is 10.2 Å². The van der Waals surface area contributed by atoms with Crippen molar-refractivity contribution in [2.75, 3.05) is 26.2 Å². The molecule has 1 fully saturated rings. The molecule has 0 aromatic carbocycles. The molecular weight excluding hydrogens is 214 g/mol. The van der Waals surface area contributed by atoms with E-state index < -0.39 is 0 Å². The number of nitrogens with zero attached hydrogens (tertiary/aromatic N) is 1. The second-order valence-corrected chi connectivity index (χ2v) is 5.93. The minimum atomic E-state index is 0.0905. The Morgan fingerprint density at radius 1 is 1.41 bits per heavy atom. The molecule has 1 saturated heterocycles. The number of nitrogens with one attached hydrogen (secondary N) is 1. The van der Waals surface area contributed by atoms with E-state index in [1.54, 1.807) is 6.92 Å². The predicted molar refractivity (Wildman–Crippen MR) is 70.7 cm³/mol. The Hall–Kier alpha value is -0.610. The van der Waals surface area contributed by atoms with E-state index in [0.29, 0.717) is 6.04 Å². The lowest BCUT2D eigenvalue weighted by Crippen LogP contribution is -2.45. The maximum atomic E-state index is 11.0. The van der Waals surface area contributed by atoms with Crippen molar-refractivity contribution >= 4 is 5.91 Å². The molecule has 1 heterocycles. The zero-order valence-electron chi connectivity index (χ0n) is 11.5. The minimum Gasteiger partial charge on any atom is -0.354 e. The highest BCUT2D eigenvalue weighted by Gasteiger charge is 2.22. The van der Waals surface area contributed by atoms with Crippen molar-refractivity contribution in [3.63, 3.8) is 0 Å². The number of piperidine rings is 1. The summed E-state index contributed by atoms with van der Waals surface area (Å²) in [5, 5.41) is 3.00. The van der Waals surface area contributed by atoms with Gasteiger partial charge in [-0.25, -0.2) is 0 Å². The third-order valence-corrected chi connectivity index (χ3v) is 3.65. The van der Waals surface area contributed by atoms with Crippen molar-refractivity contribution < 1.29 is 4.79 Å². The van der Waals surface area contributed by atoms with Gasteiger partial charge in [0, 0.05) is 26.1 Å². The number of hydrogen-bond acceptors (Lipinski definition) is 3. The molecule has 1 rings (SSSR count). The second-order valence-electron chi connectivity index (χ2n) is 5.93. The van der Waals surface area contributed by atoms with E-state index in [9.17, 15) is 4.79 Å². The zero-order chi connectivity index (χ0) is 12.9. The fourth-order valence-electron chi connectivity index (χ4n) is 2.15. The van der Waals surface area contributed by atoms with Crippen molar-refractivity contribution in [3.8, 4) is 0 Å². The van der Waals surface area contributed by atoms with Crippen LogP contribution >= 0.6 is 0 Å². The van der Waals surface area contributed by atoms with Crippen LogP contribution in [0, 0.1) is 5.41 Å². The monoisotopic (exact) mass is 241 g/mol. The van der Waals surface area contributed by atoms with E-state index in [1.807, 2.05) is 0 Å². The maximum absolute atomic E-state index is 11.0. The Labute approximate surface area is 105 Å². The van der Waals surface area contributed by atoms with Crippen molar-refractivity contribution in [2.45, 2.75) is 46.1 Å². The molecule has 0 aromatic rings. The van der Waals surface area contributed by atoms with Crippen LogP contribution in [0.1, 0.15) is 40.0 Å². The molecule has 3 N–H and O–H groups in total. The van der Waals surface area contributed by atoms with Gasteiger partial charge in [0.15, 0.2) is 0 Å². The van der Waals surface area contributed by atoms with Crippen LogP contribution < -0.4 is 11.1 Å². The highest BCUT2D eigenvalue weighted by molar-refractivity contribution is 5.73. The average Bonchev–Trinajstić information content (AvgIpc) is 2.28. The molecule has 0 spiro atoms. The molecular formula is C13H27N3O. The zero-order valence-corrected chi connectivity index (χ0v) is 11.5. The molecule has 17 heavy (non-hydrogen) atoms. The van der Waals surface area contributed by atoms with Gasteiger partial charge in [0.1, 0.15) is 0 Å². The number of carbonyl (C=O) groups is 1. The number of carbonyl (C=O) groups excluding carboxylic acids is 1. The van der Waals surface area contributed by atoms with Gasteiger partial charge < -0.3 is 16.0 Å². The van der Waals surface area contributed by atoms with E-state index in [2.05, 4.69) is 24.1 Å². The quantitative estimate of drug-likeness (QED) is 0.754. The van der Waals surface area contributed by atoms with E-state index in [-0.39, 0.29) is 11.3 Å². The van der Waals surface area contributed by atoms with Gasteiger partial charge in [0.05, 0.1) is 0 Å². The first kappa shape index (κ1) is 14.5. The van der Waals surface area contributed by atoms with Gasteiger partial charge in [0.2, 0.25) is 5.91 Å². The molecule has 1 amide bonds. The third-order valence-electron chi connectivity index (χ3n) is 3.65. The van der Waals surface area contributed by atoms with Crippen LogP contribution in [0.3, 0.4) is 0 Å². The first-order valence-corrected chi connectivity index (χ1v) is 6.62. The first-order chi connectivity index (χ1) is 7.93. The van der Waals surface area contributed by atoms with Gasteiger partial charge in [-0.05, 0) is 37.8 Å². The summed E-state index contributed by atoms with van der Waals surface area (Å²) < 4.78 is 0. The van der Waals surface area contributed by atoms with Gasteiger partial charge >= 0.3 is 0 Å². The predicted octanol–water partition coefficient (Wildman–Crippen LogP) is 0.962. The fourth-order valence-corrected chi connectivity index (χ4v) is 2.15. The smallest absolute Gasteiger partial charge is 0.217 e.